The highest BCUT2D eigenvalue weighted by atomic mass is 32.2. The van der Waals surface area contributed by atoms with E-state index in [1.54, 1.807) is 0 Å². The predicted molar refractivity (Wildman–Crippen MR) is 45.8 cm³/mol. The molecule has 0 saturated heterocycles. The largest absolute Gasteiger partial charge is 0.476 e. The number of sulfone groups is 1. The molecule has 1 aromatic rings. The van der Waals surface area contributed by atoms with Gasteiger partial charge in [-0.05, 0) is 13.8 Å². The Hall–Kier alpha value is -1.37. The molecule has 0 amide bonds. The number of carboxylic acid groups (broad SMARTS) is 1. The minimum atomic E-state index is -3.58. The average molecular weight is 219 g/mol. The zero-order chi connectivity index (χ0) is 10.9. The molecule has 0 bridgehead atoms. The van der Waals surface area contributed by atoms with E-state index in [1.807, 2.05) is 0 Å². The Balaban J connectivity index is 3.16. The van der Waals surface area contributed by atoms with E-state index in [9.17, 15) is 13.2 Å². The Bertz CT molecular complexity index is 444. The van der Waals surface area contributed by atoms with E-state index < -0.39 is 31.8 Å². The predicted octanol–water partition coefficient (Wildman–Crippen LogP) is 0.555. The lowest BCUT2D eigenvalue weighted by Gasteiger charge is -2.01. The Morgan fingerprint density at radius 2 is 2.14 bits per heavy atom. The zero-order valence-corrected chi connectivity index (χ0v) is 8.41. The zero-order valence-electron chi connectivity index (χ0n) is 7.59. The van der Waals surface area contributed by atoms with Crippen molar-refractivity contribution in [3.63, 3.8) is 0 Å². The lowest BCUT2D eigenvalue weighted by molar-refractivity contribution is 0.0685. The molecule has 1 rings (SSSR count). The first-order chi connectivity index (χ1) is 6.35. The molecule has 1 N–H and O–H groups in total. The molecule has 0 aliphatic rings. The van der Waals surface area contributed by atoms with Gasteiger partial charge in [-0.25, -0.2) is 13.2 Å². The molecule has 14 heavy (non-hydrogen) atoms. The second-order valence-corrected chi connectivity index (χ2v) is 5.37. The number of aromatic nitrogens is 1. The van der Waals surface area contributed by atoms with E-state index in [2.05, 4.69) is 9.68 Å². The second kappa shape index (κ2) is 3.41. The molecule has 0 atom stereocenters. The van der Waals surface area contributed by atoms with Gasteiger partial charge in [-0.15, -0.1) is 0 Å². The number of rotatable bonds is 3. The average Bonchev–Trinajstić information content (AvgIpc) is 2.51. The van der Waals surface area contributed by atoms with Gasteiger partial charge in [-0.3, -0.25) is 0 Å². The third-order valence-corrected chi connectivity index (χ3v) is 3.60. The highest BCUT2D eigenvalue weighted by molar-refractivity contribution is 7.91. The molecule has 0 unspecified atom stereocenters. The summed E-state index contributed by atoms with van der Waals surface area (Å²) in [4.78, 5) is 10.4. The molecule has 0 aliphatic carbocycles. The third-order valence-electron chi connectivity index (χ3n) is 1.61. The summed E-state index contributed by atoms with van der Waals surface area (Å²) in [5.74, 6) is -1.32. The Morgan fingerprint density at radius 3 is 2.50 bits per heavy atom. The summed E-state index contributed by atoms with van der Waals surface area (Å²) < 4.78 is 27.3. The third kappa shape index (κ3) is 1.77. The molecule has 1 aromatic heterocycles. The maximum atomic E-state index is 11.4. The summed E-state index contributed by atoms with van der Waals surface area (Å²) in [5, 5.41) is 10.5. The van der Waals surface area contributed by atoms with E-state index in [-0.39, 0.29) is 0 Å². The lowest BCUT2D eigenvalue weighted by atomic mass is 10.5. The summed E-state index contributed by atoms with van der Waals surface area (Å²) in [6.07, 6.45) is 0. The fourth-order valence-corrected chi connectivity index (χ4v) is 1.61. The molecular formula is C7H9NO5S. The second-order valence-electron chi connectivity index (χ2n) is 2.93. The van der Waals surface area contributed by atoms with Gasteiger partial charge >= 0.3 is 5.97 Å². The molecule has 0 spiro atoms. The maximum absolute atomic E-state index is 11.4. The van der Waals surface area contributed by atoms with Crippen LogP contribution in [0, 0.1) is 0 Å². The molecule has 0 aromatic carbocycles. The van der Waals surface area contributed by atoms with E-state index in [1.165, 1.54) is 13.8 Å². The van der Waals surface area contributed by atoms with E-state index in [0.29, 0.717) is 0 Å². The normalized spacial score (nSPS) is 11.9. The van der Waals surface area contributed by atoms with Gasteiger partial charge in [0.2, 0.25) is 9.84 Å². The number of carboxylic acids is 1. The van der Waals surface area contributed by atoms with Crippen LogP contribution in [0.15, 0.2) is 15.7 Å². The van der Waals surface area contributed by atoms with Gasteiger partial charge in [0, 0.05) is 6.07 Å². The number of hydrogen-bond donors (Lipinski definition) is 1. The van der Waals surface area contributed by atoms with Crippen LogP contribution in [-0.2, 0) is 9.84 Å². The molecule has 7 heteroatoms. The fourth-order valence-electron chi connectivity index (χ4n) is 0.726. The molecular weight excluding hydrogens is 210 g/mol. The van der Waals surface area contributed by atoms with Crippen LogP contribution in [0.4, 0.5) is 0 Å². The minimum absolute atomic E-state index is 0.412. The maximum Gasteiger partial charge on any atom is 0.358 e. The first-order valence-corrected chi connectivity index (χ1v) is 5.34. The van der Waals surface area contributed by atoms with Gasteiger partial charge in [0.15, 0.2) is 5.69 Å². The van der Waals surface area contributed by atoms with Crippen molar-refractivity contribution >= 4 is 15.8 Å². The summed E-state index contributed by atoms with van der Waals surface area (Å²) in [6.45, 7) is 2.94. The van der Waals surface area contributed by atoms with Crippen LogP contribution in [0.5, 0.6) is 0 Å². The monoisotopic (exact) mass is 219 g/mol. The Labute approximate surface area is 80.4 Å². The smallest absolute Gasteiger partial charge is 0.358 e. The van der Waals surface area contributed by atoms with Crippen molar-refractivity contribution in [2.24, 2.45) is 0 Å². The Morgan fingerprint density at radius 1 is 1.57 bits per heavy atom. The summed E-state index contributed by atoms with van der Waals surface area (Å²) in [7, 11) is -3.58. The van der Waals surface area contributed by atoms with Crippen molar-refractivity contribution in [2.75, 3.05) is 0 Å². The van der Waals surface area contributed by atoms with Gasteiger partial charge in [-0.2, -0.15) is 0 Å². The van der Waals surface area contributed by atoms with Gasteiger partial charge in [0.1, 0.15) is 0 Å². The Kier molecular flexibility index (Phi) is 2.61. The number of carbonyl (C=O) groups is 1. The highest BCUT2D eigenvalue weighted by Gasteiger charge is 2.25. The van der Waals surface area contributed by atoms with Crippen LogP contribution in [0.2, 0.25) is 0 Å². The van der Waals surface area contributed by atoms with Gasteiger partial charge in [0.25, 0.3) is 5.09 Å². The van der Waals surface area contributed by atoms with Crippen molar-refractivity contribution in [1.29, 1.82) is 0 Å². The first-order valence-electron chi connectivity index (χ1n) is 3.79. The van der Waals surface area contributed by atoms with Crippen LogP contribution in [0.25, 0.3) is 0 Å². The first kappa shape index (κ1) is 10.7. The van der Waals surface area contributed by atoms with Crippen LogP contribution in [0.1, 0.15) is 24.3 Å². The number of hydrogen-bond acceptors (Lipinski definition) is 5. The minimum Gasteiger partial charge on any atom is -0.476 e. The van der Waals surface area contributed by atoms with Crippen molar-refractivity contribution in [3.05, 3.63) is 11.8 Å². The molecule has 1 heterocycles. The topological polar surface area (TPSA) is 97.5 Å². The molecule has 0 radical (unpaired) electrons. The van der Waals surface area contributed by atoms with Crippen molar-refractivity contribution in [1.82, 2.24) is 5.16 Å². The van der Waals surface area contributed by atoms with Crippen LogP contribution in [-0.4, -0.2) is 29.9 Å². The van der Waals surface area contributed by atoms with Gasteiger partial charge in [-0.1, -0.05) is 5.16 Å². The van der Waals surface area contributed by atoms with Crippen molar-refractivity contribution < 1.29 is 22.8 Å². The summed E-state index contributed by atoms with van der Waals surface area (Å²) >= 11 is 0. The van der Waals surface area contributed by atoms with Crippen LogP contribution >= 0.6 is 0 Å². The SMILES string of the molecule is CC(C)S(=O)(=O)c1cc(C(=O)O)no1. The van der Waals surface area contributed by atoms with E-state index in [0.717, 1.165) is 6.07 Å². The number of nitrogens with zero attached hydrogens (tertiary/aromatic N) is 1. The summed E-state index contributed by atoms with van der Waals surface area (Å²) in [6, 6.07) is 0.900. The van der Waals surface area contributed by atoms with E-state index >= 15 is 0 Å². The van der Waals surface area contributed by atoms with Gasteiger partial charge in [0.05, 0.1) is 5.25 Å². The molecule has 78 valence electrons. The van der Waals surface area contributed by atoms with Crippen molar-refractivity contribution in [3.8, 4) is 0 Å². The molecule has 0 aliphatic heterocycles. The highest BCUT2D eigenvalue weighted by Crippen LogP contribution is 2.16. The standard InChI is InChI=1S/C7H9NO5S/c1-4(2)14(11,12)6-3-5(7(9)10)8-13-6/h3-4H,1-2H3,(H,9,10). The molecule has 0 fully saturated rings. The number of aromatic carboxylic acids is 1. The van der Waals surface area contributed by atoms with Crippen LogP contribution < -0.4 is 0 Å². The molecule has 0 saturated carbocycles. The fraction of sp³-hybridized carbons (Fsp3) is 0.429. The molecule has 6 nitrogen and oxygen atoms in total. The lowest BCUT2D eigenvalue weighted by Crippen LogP contribution is -2.13. The van der Waals surface area contributed by atoms with Crippen molar-refractivity contribution in [2.45, 2.75) is 24.2 Å². The quantitative estimate of drug-likeness (QED) is 0.797. The van der Waals surface area contributed by atoms with E-state index in [4.69, 9.17) is 5.11 Å². The van der Waals surface area contributed by atoms with Crippen LogP contribution in [0.3, 0.4) is 0 Å². The summed E-state index contributed by atoms with van der Waals surface area (Å²) in [5.41, 5.74) is -0.413. The van der Waals surface area contributed by atoms with Gasteiger partial charge < -0.3 is 9.63 Å².